The average molecular weight is 153 g/mol. The Balaban J connectivity index is 1.87. The van der Waals surface area contributed by atoms with E-state index in [0.29, 0.717) is 0 Å². The van der Waals surface area contributed by atoms with Crippen molar-refractivity contribution >= 4 is 0 Å². The second-order valence-electron chi connectivity index (χ2n) is 3.11. The molecule has 0 aliphatic carbocycles. The summed E-state index contributed by atoms with van der Waals surface area (Å²) in [6, 6.07) is 0. The Morgan fingerprint density at radius 1 is 1.09 bits per heavy atom. The lowest BCUT2D eigenvalue weighted by molar-refractivity contribution is -0.0267. The van der Waals surface area contributed by atoms with Gasteiger partial charge in [-0.25, -0.2) is 15.6 Å². The third-order valence-corrected chi connectivity index (χ3v) is 2.25. The fourth-order valence-electron chi connectivity index (χ4n) is 1.64. The number of hydrogen-bond donors (Lipinski definition) is 1. The monoisotopic (exact) mass is 153 g/mol. The Bertz CT molecular complexity index is 149. The zero-order valence-corrected chi connectivity index (χ0v) is 6.79. The lowest BCUT2D eigenvalue weighted by Crippen LogP contribution is -2.47. The summed E-state index contributed by atoms with van der Waals surface area (Å²) in [5.74, 6) is 0. The molecule has 3 nitrogen and oxygen atoms in total. The predicted octanol–water partition coefficient (Wildman–Crippen LogP) is 0.721. The number of rotatable bonds is 1. The van der Waals surface area contributed by atoms with E-state index in [1.165, 1.54) is 32.4 Å². The molecule has 3 heteroatoms. The fourth-order valence-corrected chi connectivity index (χ4v) is 1.64. The Kier molecular flexibility index (Phi) is 2.10. The van der Waals surface area contributed by atoms with E-state index < -0.39 is 0 Å². The molecule has 0 aromatic rings. The number of nitrogens with zero attached hydrogens (tertiary/aromatic N) is 2. The lowest BCUT2D eigenvalue weighted by atomic mass is 10.2. The highest BCUT2D eigenvalue weighted by molar-refractivity contribution is 4.88. The summed E-state index contributed by atoms with van der Waals surface area (Å²) in [5, 5.41) is 4.49. The molecular weight excluding hydrogens is 138 g/mol. The number of nitrogens with one attached hydrogen (secondary N) is 1. The minimum atomic E-state index is 0.983. The molecule has 1 fully saturated rings. The highest BCUT2D eigenvalue weighted by Gasteiger charge is 2.16. The first-order valence-electron chi connectivity index (χ1n) is 4.41. The van der Waals surface area contributed by atoms with E-state index in [2.05, 4.69) is 27.8 Å². The van der Waals surface area contributed by atoms with Crippen LogP contribution in [0, 0.1) is 0 Å². The SMILES string of the molecule is C1=CN(N2CCCCC2)NC1. The van der Waals surface area contributed by atoms with Gasteiger partial charge in [-0.1, -0.05) is 6.42 Å². The van der Waals surface area contributed by atoms with Crippen LogP contribution in [0.4, 0.5) is 0 Å². The topological polar surface area (TPSA) is 18.5 Å². The van der Waals surface area contributed by atoms with Gasteiger partial charge in [0.1, 0.15) is 0 Å². The van der Waals surface area contributed by atoms with Gasteiger partial charge in [0.25, 0.3) is 0 Å². The first-order chi connectivity index (χ1) is 5.47. The van der Waals surface area contributed by atoms with Crippen LogP contribution in [0.2, 0.25) is 0 Å². The molecule has 0 atom stereocenters. The molecular formula is C8H15N3. The third-order valence-electron chi connectivity index (χ3n) is 2.25. The van der Waals surface area contributed by atoms with Crippen LogP contribution in [0.25, 0.3) is 0 Å². The standard InChI is InChI=1S/C8H15N3/c1-2-6-10(7-3-1)11-8-4-5-9-11/h4,8-9H,1-3,5-7H2. The minimum absolute atomic E-state index is 0.983. The molecule has 0 bridgehead atoms. The minimum Gasteiger partial charge on any atom is -0.246 e. The quantitative estimate of drug-likeness (QED) is 0.599. The van der Waals surface area contributed by atoms with Gasteiger partial charge in [-0.3, -0.25) is 0 Å². The molecule has 0 saturated carbocycles. The second kappa shape index (κ2) is 3.24. The van der Waals surface area contributed by atoms with Crippen molar-refractivity contribution in [2.75, 3.05) is 19.6 Å². The average Bonchev–Trinajstić information content (AvgIpc) is 2.58. The van der Waals surface area contributed by atoms with Crippen LogP contribution in [0.5, 0.6) is 0 Å². The van der Waals surface area contributed by atoms with Crippen molar-refractivity contribution in [1.82, 2.24) is 15.6 Å². The largest absolute Gasteiger partial charge is 0.246 e. The van der Waals surface area contributed by atoms with Gasteiger partial charge in [-0.15, -0.1) is 0 Å². The third kappa shape index (κ3) is 1.54. The van der Waals surface area contributed by atoms with Crippen molar-refractivity contribution in [3.63, 3.8) is 0 Å². The summed E-state index contributed by atoms with van der Waals surface area (Å²) in [5.41, 5.74) is 3.27. The molecule has 2 aliphatic rings. The van der Waals surface area contributed by atoms with Crippen LogP contribution in [0.3, 0.4) is 0 Å². The van der Waals surface area contributed by atoms with Gasteiger partial charge in [-0.2, -0.15) is 0 Å². The maximum Gasteiger partial charge on any atom is 0.0363 e. The zero-order chi connectivity index (χ0) is 7.52. The van der Waals surface area contributed by atoms with E-state index in [4.69, 9.17) is 0 Å². The molecule has 0 amide bonds. The van der Waals surface area contributed by atoms with Gasteiger partial charge in [0.2, 0.25) is 0 Å². The molecule has 11 heavy (non-hydrogen) atoms. The maximum absolute atomic E-state index is 3.27. The van der Waals surface area contributed by atoms with Gasteiger partial charge in [0.05, 0.1) is 0 Å². The molecule has 1 saturated heterocycles. The van der Waals surface area contributed by atoms with Crippen molar-refractivity contribution in [3.8, 4) is 0 Å². The number of hydrogen-bond acceptors (Lipinski definition) is 3. The summed E-state index contributed by atoms with van der Waals surface area (Å²) in [6.45, 7) is 3.39. The molecule has 0 aromatic carbocycles. The smallest absolute Gasteiger partial charge is 0.0363 e. The van der Waals surface area contributed by atoms with Gasteiger partial charge in [-0.05, 0) is 18.9 Å². The molecule has 0 spiro atoms. The molecule has 0 unspecified atom stereocenters. The van der Waals surface area contributed by atoms with Gasteiger partial charge >= 0.3 is 0 Å². The van der Waals surface area contributed by atoms with E-state index in [1.807, 2.05) is 0 Å². The Labute approximate surface area is 67.6 Å². The summed E-state index contributed by atoms with van der Waals surface area (Å²) in [7, 11) is 0. The van der Waals surface area contributed by atoms with E-state index in [-0.39, 0.29) is 0 Å². The number of hydrazine groups is 2. The normalized spacial score (nSPS) is 26.4. The fraction of sp³-hybridized carbons (Fsp3) is 0.750. The predicted molar refractivity (Wildman–Crippen MR) is 44.4 cm³/mol. The maximum atomic E-state index is 3.27. The summed E-state index contributed by atoms with van der Waals surface area (Å²) in [6.07, 6.45) is 8.34. The molecule has 62 valence electrons. The van der Waals surface area contributed by atoms with Crippen molar-refractivity contribution in [2.45, 2.75) is 19.3 Å². The van der Waals surface area contributed by atoms with Crippen molar-refractivity contribution in [2.24, 2.45) is 0 Å². The summed E-state index contributed by atoms with van der Waals surface area (Å²) < 4.78 is 0. The molecule has 2 aliphatic heterocycles. The Morgan fingerprint density at radius 3 is 2.55 bits per heavy atom. The van der Waals surface area contributed by atoms with Crippen LogP contribution in [0.1, 0.15) is 19.3 Å². The highest BCUT2D eigenvalue weighted by Crippen LogP contribution is 2.11. The van der Waals surface area contributed by atoms with Crippen LogP contribution < -0.4 is 5.43 Å². The summed E-state index contributed by atoms with van der Waals surface area (Å²) in [4.78, 5) is 0. The highest BCUT2D eigenvalue weighted by atomic mass is 15.8. The van der Waals surface area contributed by atoms with Gasteiger partial charge in [0, 0.05) is 25.8 Å². The van der Waals surface area contributed by atoms with E-state index in [1.54, 1.807) is 0 Å². The molecule has 2 rings (SSSR count). The number of piperidine rings is 1. The Morgan fingerprint density at radius 2 is 1.91 bits per heavy atom. The van der Waals surface area contributed by atoms with Gasteiger partial charge in [0.15, 0.2) is 0 Å². The van der Waals surface area contributed by atoms with Crippen LogP contribution in [-0.2, 0) is 0 Å². The van der Waals surface area contributed by atoms with Crippen LogP contribution in [0.15, 0.2) is 12.3 Å². The first-order valence-corrected chi connectivity index (χ1v) is 4.41. The van der Waals surface area contributed by atoms with E-state index >= 15 is 0 Å². The summed E-state index contributed by atoms with van der Waals surface area (Å²) >= 11 is 0. The zero-order valence-electron chi connectivity index (χ0n) is 6.79. The van der Waals surface area contributed by atoms with E-state index in [9.17, 15) is 0 Å². The molecule has 1 N–H and O–H groups in total. The van der Waals surface area contributed by atoms with E-state index in [0.717, 1.165) is 6.54 Å². The first kappa shape index (κ1) is 7.13. The second-order valence-corrected chi connectivity index (χ2v) is 3.11. The van der Waals surface area contributed by atoms with Gasteiger partial charge < -0.3 is 0 Å². The van der Waals surface area contributed by atoms with Crippen LogP contribution in [-0.4, -0.2) is 29.8 Å². The molecule has 0 radical (unpaired) electrons. The van der Waals surface area contributed by atoms with Crippen molar-refractivity contribution < 1.29 is 0 Å². The van der Waals surface area contributed by atoms with Crippen molar-refractivity contribution in [1.29, 1.82) is 0 Å². The Hall–Kier alpha value is -0.540. The molecule has 0 aromatic heterocycles. The van der Waals surface area contributed by atoms with Crippen LogP contribution >= 0.6 is 0 Å². The lowest BCUT2D eigenvalue weighted by Gasteiger charge is -2.34. The molecule has 2 heterocycles. The van der Waals surface area contributed by atoms with Crippen molar-refractivity contribution in [3.05, 3.63) is 12.3 Å².